The molecule has 2 N–H and O–H groups in total. The second-order valence-corrected chi connectivity index (χ2v) is 3.73. The van der Waals surface area contributed by atoms with Crippen molar-refractivity contribution in [1.29, 1.82) is 0 Å². The van der Waals surface area contributed by atoms with E-state index in [4.69, 9.17) is 9.84 Å². The van der Waals surface area contributed by atoms with Crippen molar-refractivity contribution in [3.63, 3.8) is 0 Å². The summed E-state index contributed by atoms with van der Waals surface area (Å²) in [6.45, 7) is 3.82. The standard InChI is InChI=1S/C10H12O4/c1-5-2-3-6-7(9(11)12)4-14-10(13)8(5)6/h4,6,8,10,13H,1-3H2,(H,11,12)/t6-,8+,10?/m1/s1. The van der Waals surface area contributed by atoms with Gasteiger partial charge in [-0.2, -0.15) is 0 Å². The van der Waals surface area contributed by atoms with Crippen molar-refractivity contribution in [2.24, 2.45) is 11.8 Å². The van der Waals surface area contributed by atoms with E-state index >= 15 is 0 Å². The summed E-state index contributed by atoms with van der Waals surface area (Å²) in [5.41, 5.74) is 1.13. The highest BCUT2D eigenvalue weighted by molar-refractivity contribution is 5.87. The van der Waals surface area contributed by atoms with E-state index in [0.717, 1.165) is 24.7 Å². The largest absolute Gasteiger partial charge is 0.478 e. The van der Waals surface area contributed by atoms with E-state index in [1.807, 2.05) is 0 Å². The molecule has 0 bridgehead atoms. The fraction of sp³-hybridized carbons (Fsp3) is 0.500. The van der Waals surface area contributed by atoms with E-state index in [1.54, 1.807) is 0 Å². The number of aliphatic carboxylic acids is 1. The Morgan fingerprint density at radius 2 is 2.36 bits per heavy atom. The van der Waals surface area contributed by atoms with Crippen molar-refractivity contribution in [3.05, 3.63) is 24.0 Å². The average Bonchev–Trinajstić information content (AvgIpc) is 2.49. The minimum atomic E-state index is -0.971. The smallest absolute Gasteiger partial charge is 0.334 e. The predicted octanol–water partition coefficient (Wildman–Crippen LogP) is 0.886. The quantitative estimate of drug-likeness (QED) is 0.611. The molecular formula is C10H12O4. The number of ether oxygens (including phenoxy) is 1. The van der Waals surface area contributed by atoms with Gasteiger partial charge in [0.15, 0.2) is 0 Å². The molecule has 1 fully saturated rings. The van der Waals surface area contributed by atoms with Crippen molar-refractivity contribution < 1.29 is 19.7 Å². The average molecular weight is 196 g/mol. The molecule has 14 heavy (non-hydrogen) atoms. The molecule has 0 saturated heterocycles. The fourth-order valence-electron chi connectivity index (χ4n) is 2.25. The van der Waals surface area contributed by atoms with Crippen LogP contribution in [0, 0.1) is 11.8 Å². The minimum absolute atomic E-state index is 0.135. The van der Waals surface area contributed by atoms with Gasteiger partial charge in [-0.05, 0) is 12.8 Å². The highest BCUT2D eigenvalue weighted by Crippen LogP contribution is 2.44. The molecule has 3 atom stereocenters. The Morgan fingerprint density at radius 1 is 1.64 bits per heavy atom. The van der Waals surface area contributed by atoms with Crippen LogP contribution in [-0.4, -0.2) is 22.5 Å². The van der Waals surface area contributed by atoms with Gasteiger partial charge in [0, 0.05) is 11.8 Å². The van der Waals surface area contributed by atoms with E-state index in [1.165, 1.54) is 0 Å². The Hall–Kier alpha value is -1.29. The Balaban J connectivity index is 2.32. The van der Waals surface area contributed by atoms with Gasteiger partial charge in [0.05, 0.1) is 11.8 Å². The number of aliphatic hydroxyl groups excluding tert-OH is 1. The zero-order valence-corrected chi connectivity index (χ0v) is 7.64. The Morgan fingerprint density at radius 3 is 3.00 bits per heavy atom. The summed E-state index contributed by atoms with van der Waals surface area (Å²) in [4.78, 5) is 10.9. The molecule has 4 heteroatoms. The van der Waals surface area contributed by atoms with Gasteiger partial charge in [-0.3, -0.25) is 0 Å². The molecule has 2 aliphatic rings. The second kappa shape index (κ2) is 3.13. The minimum Gasteiger partial charge on any atom is -0.478 e. The molecule has 1 heterocycles. The molecule has 0 amide bonds. The first-order valence-electron chi connectivity index (χ1n) is 4.56. The Kier molecular flexibility index (Phi) is 2.07. The summed E-state index contributed by atoms with van der Waals surface area (Å²) in [6, 6.07) is 0. The molecular weight excluding hydrogens is 184 g/mol. The molecule has 0 aromatic heterocycles. The molecule has 76 valence electrons. The third kappa shape index (κ3) is 1.23. The third-order valence-electron chi connectivity index (χ3n) is 2.97. The maximum atomic E-state index is 10.9. The number of fused-ring (bicyclic) bond motifs is 1. The molecule has 0 spiro atoms. The lowest BCUT2D eigenvalue weighted by molar-refractivity contribution is -0.138. The normalized spacial score (nSPS) is 35.9. The van der Waals surface area contributed by atoms with Gasteiger partial charge >= 0.3 is 5.97 Å². The molecule has 0 aromatic carbocycles. The summed E-state index contributed by atoms with van der Waals surface area (Å²) in [5.74, 6) is -1.35. The highest BCUT2D eigenvalue weighted by atomic mass is 16.6. The van der Waals surface area contributed by atoms with Gasteiger partial charge in [-0.1, -0.05) is 12.2 Å². The van der Waals surface area contributed by atoms with Crippen molar-refractivity contribution in [2.45, 2.75) is 19.1 Å². The van der Waals surface area contributed by atoms with Crippen LogP contribution in [0.15, 0.2) is 24.0 Å². The SMILES string of the molecule is C=C1CC[C@@H]2C(C(=O)O)=COC(O)[C@@H]12. The number of carboxylic acids is 1. The Labute approximate surface area is 81.5 Å². The van der Waals surface area contributed by atoms with Crippen LogP contribution >= 0.6 is 0 Å². The highest BCUT2D eigenvalue weighted by Gasteiger charge is 2.43. The topological polar surface area (TPSA) is 66.8 Å². The molecule has 4 nitrogen and oxygen atoms in total. The van der Waals surface area contributed by atoms with Gasteiger partial charge in [-0.15, -0.1) is 0 Å². The monoisotopic (exact) mass is 196 g/mol. The van der Waals surface area contributed by atoms with E-state index < -0.39 is 12.3 Å². The molecule has 1 aliphatic heterocycles. The first-order chi connectivity index (χ1) is 6.61. The molecule has 1 aliphatic carbocycles. The first-order valence-corrected chi connectivity index (χ1v) is 4.56. The number of carboxylic acid groups (broad SMARTS) is 1. The molecule has 0 radical (unpaired) electrons. The van der Waals surface area contributed by atoms with Crippen molar-refractivity contribution in [2.75, 3.05) is 0 Å². The van der Waals surface area contributed by atoms with Crippen LogP contribution in [0.3, 0.4) is 0 Å². The number of rotatable bonds is 1. The molecule has 2 rings (SSSR count). The zero-order valence-electron chi connectivity index (χ0n) is 7.64. The number of aliphatic hydroxyl groups is 1. The zero-order chi connectivity index (χ0) is 10.3. The van der Waals surface area contributed by atoms with Crippen LogP contribution in [0.2, 0.25) is 0 Å². The lowest BCUT2D eigenvalue weighted by Crippen LogP contribution is -2.33. The van der Waals surface area contributed by atoms with Crippen LogP contribution < -0.4 is 0 Å². The summed E-state index contributed by atoms with van der Waals surface area (Å²) in [7, 11) is 0. The van der Waals surface area contributed by atoms with Crippen LogP contribution in [0.4, 0.5) is 0 Å². The van der Waals surface area contributed by atoms with Crippen molar-refractivity contribution in [3.8, 4) is 0 Å². The van der Waals surface area contributed by atoms with E-state index in [2.05, 4.69) is 6.58 Å². The first kappa shape index (κ1) is 9.27. The molecule has 0 aromatic rings. The van der Waals surface area contributed by atoms with Crippen LogP contribution in [-0.2, 0) is 9.53 Å². The van der Waals surface area contributed by atoms with Gasteiger partial charge in [0.2, 0.25) is 6.29 Å². The maximum absolute atomic E-state index is 10.9. The lowest BCUT2D eigenvalue weighted by Gasteiger charge is -2.29. The predicted molar refractivity (Wildman–Crippen MR) is 48.2 cm³/mol. The number of carbonyl (C=O) groups is 1. The summed E-state index contributed by atoms with van der Waals surface area (Å²) in [6.07, 6.45) is 1.73. The Bertz CT molecular complexity index is 318. The summed E-state index contributed by atoms with van der Waals surface area (Å²) >= 11 is 0. The van der Waals surface area contributed by atoms with Gasteiger partial charge < -0.3 is 14.9 Å². The maximum Gasteiger partial charge on any atom is 0.334 e. The van der Waals surface area contributed by atoms with Crippen molar-refractivity contribution in [1.82, 2.24) is 0 Å². The molecule has 1 saturated carbocycles. The van der Waals surface area contributed by atoms with Crippen LogP contribution in [0.5, 0.6) is 0 Å². The fourth-order valence-corrected chi connectivity index (χ4v) is 2.25. The van der Waals surface area contributed by atoms with Gasteiger partial charge in [-0.25, -0.2) is 4.79 Å². The summed E-state index contributed by atoms with van der Waals surface area (Å²) < 4.78 is 4.89. The number of hydrogen-bond acceptors (Lipinski definition) is 3. The van der Waals surface area contributed by atoms with Gasteiger partial charge in [0.25, 0.3) is 0 Å². The van der Waals surface area contributed by atoms with Gasteiger partial charge in [0.1, 0.15) is 0 Å². The van der Waals surface area contributed by atoms with Crippen LogP contribution in [0.1, 0.15) is 12.8 Å². The van der Waals surface area contributed by atoms with E-state index in [0.29, 0.717) is 0 Å². The number of hydrogen-bond donors (Lipinski definition) is 2. The summed E-state index contributed by atoms with van der Waals surface area (Å²) in [5, 5.41) is 18.4. The van der Waals surface area contributed by atoms with E-state index in [9.17, 15) is 9.90 Å². The van der Waals surface area contributed by atoms with Crippen LogP contribution in [0.25, 0.3) is 0 Å². The van der Waals surface area contributed by atoms with Crippen molar-refractivity contribution >= 4 is 5.97 Å². The molecule has 1 unspecified atom stereocenters. The third-order valence-corrected chi connectivity index (χ3v) is 2.97. The second-order valence-electron chi connectivity index (χ2n) is 3.73. The van der Waals surface area contributed by atoms with E-state index in [-0.39, 0.29) is 17.4 Å². The lowest BCUT2D eigenvalue weighted by atomic mass is 9.86.